The second-order valence-corrected chi connectivity index (χ2v) is 5.98. The molecule has 1 unspecified atom stereocenters. The maximum Gasteiger partial charge on any atom is 0.127 e. The number of hydrogen-bond acceptors (Lipinski definition) is 2. The molecule has 1 N–H and O–H groups in total. The highest BCUT2D eigenvalue weighted by atomic mass is 35.5. The Labute approximate surface area is 126 Å². The van der Waals surface area contributed by atoms with Crippen LogP contribution in [0.25, 0.3) is 10.8 Å². The summed E-state index contributed by atoms with van der Waals surface area (Å²) in [5.74, 6) is 1.37. The number of fused-ring (bicyclic) bond motifs is 1. The van der Waals surface area contributed by atoms with Gasteiger partial charge in [0.25, 0.3) is 0 Å². The highest BCUT2D eigenvalue weighted by molar-refractivity contribution is 6.35. The maximum absolute atomic E-state index is 6.21. The van der Waals surface area contributed by atoms with Gasteiger partial charge in [-0.3, -0.25) is 0 Å². The summed E-state index contributed by atoms with van der Waals surface area (Å²) in [7, 11) is 0. The van der Waals surface area contributed by atoms with Gasteiger partial charge in [0.1, 0.15) is 5.75 Å². The molecule has 0 aliphatic carbocycles. The van der Waals surface area contributed by atoms with Crippen molar-refractivity contribution in [1.29, 1.82) is 0 Å². The number of hydrogen-bond donors (Lipinski definition) is 1. The summed E-state index contributed by atoms with van der Waals surface area (Å²) in [6.07, 6.45) is 0. The first-order chi connectivity index (χ1) is 9.58. The molecule has 2 aromatic carbocycles. The first-order valence-electron chi connectivity index (χ1n) is 7.11. The average molecular weight is 292 g/mol. The third-order valence-electron chi connectivity index (χ3n) is 3.23. The molecule has 0 radical (unpaired) electrons. The Morgan fingerprint density at radius 2 is 1.75 bits per heavy atom. The third-order valence-corrected chi connectivity index (χ3v) is 3.56. The minimum Gasteiger partial charge on any atom is -0.493 e. The van der Waals surface area contributed by atoms with E-state index < -0.39 is 0 Å². The molecule has 0 spiro atoms. The van der Waals surface area contributed by atoms with Crippen molar-refractivity contribution in [2.75, 3.05) is 13.2 Å². The van der Waals surface area contributed by atoms with Gasteiger partial charge < -0.3 is 10.1 Å². The number of nitrogens with one attached hydrogen (secondary N) is 1. The Kier molecular flexibility index (Phi) is 5.27. The van der Waals surface area contributed by atoms with Gasteiger partial charge in [-0.05, 0) is 12.1 Å². The van der Waals surface area contributed by atoms with Gasteiger partial charge in [-0.1, -0.05) is 56.6 Å². The molecule has 0 bridgehead atoms. The molecule has 0 aromatic heterocycles. The van der Waals surface area contributed by atoms with Gasteiger partial charge in [-0.15, -0.1) is 0 Å². The van der Waals surface area contributed by atoms with Crippen LogP contribution in [0.5, 0.6) is 5.75 Å². The van der Waals surface area contributed by atoms with Crippen molar-refractivity contribution in [1.82, 2.24) is 5.32 Å². The van der Waals surface area contributed by atoms with E-state index in [0.29, 0.717) is 18.6 Å². The van der Waals surface area contributed by atoms with Crippen molar-refractivity contribution >= 4 is 22.4 Å². The molecule has 0 heterocycles. The van der Waals surface area contributed by atoms with Gasteiger partial charge >= 0.3 is 0 Å². The van der Waals surface area contributed by atoms with E-state index in [0.717, 1.165) is 28.1 Å². The molecule has 2 rings (SSSR count). The molecule has 0 fully saturated rings. The van der Waals surface area contributed by atoms with E-state index in [1.165, 1.54) is 0 Å². The minimum absolute atomic E-state index is 0.465. The van der Waals surface area contributed by atoms with Gasteiger partial charge in [-0.25, -0.2) is 0 Å². The van der Waals surface area contributed by atoms with Crippen LogP contribution in [0.1, 0.15) is 20.8 Å². The van der Waals surface area contributed by atoms with Crippen LogP contribution >= 0.6 is 11.6 Å². The van der Waals surface area contributed by atoms with Crippen LogP contribution in [0.2, 0.25) is 5.02 Å². The average Bonchev–Trinajstić information content (AvgIpc) is 2.45. The predicted octanol–water partition coefficient (Wildman–Crippen LogP) is 4.51. The monoisotopic (exact) mass is 291 g/mol. The second-order valence-electron chi connectivity index (χ2n) is 5.57. The van der Waals surface area contributed by atoms with E-state index in [2.05, 4.69) is 26.1 Å². The maximum atomic E-state index is 6.21. The lowest BCUT2D eigenvalue weighted by atomic mass is 10.1. The normalized spacial score (nSPS) is 12.8. The standard InChI is InChI=1S/C17H22ClNO/c1-12(2)19-10-13(3)11-20-17-9-8-16(18)14-6-4-5-7-15(14)17/h4-9,12-13,19H,10-11H2,1-3H3. The van der Waals surface area contributed by atoms with E-state index in [9.17, 15) is 0 Å². The molecule has 0 saturated carbocycles. The number of benzene rings is 2. The molecule has 0 aliphatic rings. The molecule has 0 aliphatic heterocycles. The van der Waals surface area contributed by atoms with Crippen LogP contribution in [0.15, 0.2) is 36.4 Å². The van der Waals surface area contributed by atoms with E-state index in [4.69, 9.17) is 16.3 Å². The molecule has 1 atom stereocenters. The van der Waals surface area contributed by atoms with E-state index in [1.54, 1.807) is 0 Å². The topological polar surface area (TPSA) is 21.3 Å². The van der Waals surface area contributed by atoms with Gasteiger partial charge in [0.15, 0.2) is 0 Å². The Morgan fingerprint density at radius 3 is 2.45 bits per heavy atom. The summed E-state index contributed by atoms with van der Waals surface area (Å²) in [5.41, 5.74) is 0. The van der Waals surface area contributed by atoms with Crippen molar-refractivity contribution in [2.24, 2.45) is 5.92 Å². The Bertz CT molecular complexity index is 568. The smallest absolute Gasteiger partial charge is 0.127 e. The van der Waals surface area contributed by atoms with Gasteiger partial charge in [0, 0.05) is 34.3 Å². The lowest BCUT2D eigenvalue weighted by molar-refractivity contribution is 0.255. The fraction of sp³-hybridized carbons (Fsp3) is 0.412. The summed E-state index contributed by atoms with van der Waals surface area (Å²) in [6, 6.07) is 12.4. The molecule has 20 heavy (non-hydrogen) atoms. The Balaban J connectivity index is 2.05. The zero-order valence-corrected chi connectivity index (χ0v) is 13.1. The van der Waals surface area contributed by atoms with Crippen molar-refractivity contribution in [3.8, 4) is 5.75 Å². The van der Waals surface area contributed by atoms with Crippen LogP contribution in [0, 0.1) is 5.92 Å². The van der Waals surface area contributed by atoms with Crippen LogP contribution < -0.4 is 10.1 Å². The fourth-order valence-electron chi connectivity index (χ4n) is 2.09. The van der Waals surface area contributed by atoms with Crippen molar-refractivity contribution in [3.05, 3.63) is 41.4 Å². The van der Waals surface area contributed by atoms with Crippen molar-refractivity contribution in [3.63, 3.8) is 0 Å². The quantitative estimate of drug-likeness (QED) is 0.846. The number of rotatable bonds is 6. The summed E-state index contributed by atoms with van der Waals surface area (Å²) in [6.45, 7) is 8.16. The molecular weight excluding hydrogens is 270 g/mol. The Morgan fingerprint density at radius 1 is 1.05 bits per heavy atom. The zero-order valence-electron chi connectivity index (χ0n) is 12.3. The Hall–Kier alpha value is -1.25. The van der Waals surface area contributed by atoms with E-state index >= 15 is 0 Å². The molecule has 108 valence electrons. The van der Waals surface area contributed by atoms with Gasteiger partial charge in [0.2, 0.25) is 0 Å². The van der Waals surface area contributed by atoms with E-state index in [1.807, 2.05) is 36.4 Å². The molecule has 3 heteroatoms. The van der Waals surface area contributed by atoms with Gasteiger partial charge in [-0.2, -0.15) is 0 Å². The van der Waals surface area contributed by atoms with Gasteiger partial charge in [0.05, 0.1) is 6.61 Å². The lowest BCUT2D eigenvalue weighted by Gasteiger charge is -2.17. The first-order valence-corrected chi connectivity index (χ1v) is 7.49. The fourth-order valence-corrected chi connectivity index (χ4v) is 2.32. The van der Waals surface area contributed by atoms with Crippen LogP contribution in [-0.2, 0) is 0 Å². The number of ether oxygens (including phenoxy) is 1. The molecule has 2 nitrogen and oxygen atoms in total. The largest absolute Gasteiger partial charge is 0.493 e. The van der Waals surface area contributed by atoms with Crippen LogP contribution in [0.4, 0.5) is 0 Å². The third kappa shape index (κ3) is 3.87. The lowest BCUT2D eigenvalue weighted by Crippen LogP contribution is -2.30. The molecule has 2 aromatic rings. The summed E-state index contributed by atoms with van der Waals surface area (Å²) in [5, 5.41) is 6.31. The number of halogens is 1. The van der Waals surface area contributed by atoms with Crippen LogP contribution in [-0.4, -0.2) is 19.2 Å². The first kappa shape index (κ1) is 15.1. The summed E-state index contributed by atoms with van der Waals surface area (Å²) >= 11 is 6.21. The van der Waals surface area contributed by atoms with Crippen LogP contribution in [0.3, 0.4) is 0 Å². The predicted molar refractivity (Wildman–Crippen MR) is 86.8 cm³/mol. The molecule has 0 saturated heterocycles. The zero-order chi connectivity index (χ0) is 14.5. The SMILES string of the molecule is CC(CNC(C)C)COc1ccc(Cl)c2ccccc12. The summed E-state index contributed by atoms with van der Waals surface area (Å²) in [4.78, 5) is 0. The molecule has 0 amide bonds. The highest BCUT2D eigenvalue weighted by Gasteiger charge is 2.08. The minimum atomic E-state index is 0.465. The second kappa shape index (κ2) is 6.96. The van der Waals surface area contributed by atoms with Crippen molar-refractivity contribution < 1.29 is 4.74 Å². The van der Waals surface area contributed by atoms with E-state index in [-0.39, 0.29) is 0 Å². The summed E-state index contributed by atoms with van der Waals surface area (Å²) < 4.78 is 5.97. The van der Waals surface area contributed by atoms with Crippen molar-refractivity contribution in [2.45, 2.75) is 26.8 Å². The molecular formula is C17H22ClNO. The highest BCUT2D eigenvalue weighted by Crippen LogP contribution is 2.31.